The van der Waals surface area contributed by atoms with Gasteiger partial charge in [0.25, 0.3) is 0 Å². The van der Waals surface area contributed by atoms with Crippen LogP contribution in [0, 0.1) is 5.82 Å². The van der Waals surface area contributed by atoms with Crippen molar-refractivity contribution in [2.75, 3.05) is 25.0 Å². The number of anilines is 1. The summed E-state index contributed by atoms with van der Waals surface area (Å²) < 4.78 is 25.2. The molecule has 1 unspecified atom stereocenters. The number of ether oxygens (including phenoxy) is 2. The zero-order valence-corrected chi connectivity index (χ0v) is 18.9. The highest BCUT2D eigenvalue weighted by Crippen LogP contribution is 2.26. The highest BCUT2D eigenvalue weighted by molar-refractivity contribution is 6.31. The largest absolute Gasteiger partial charge is 0.466 e. The van der Waals surface area contributed by atoms with E-state index in [2.05, 4.69) is 10.3 Å². The monoisotopic (exact) mass is 443 g/mol. The van der Waals surface area contributed by atoms with Gasteiger partial charge in [-0.05, 0) is 53.4 Å². The molecule has 2 rings (SSSR count). The number of amides is 1. The van der Waals surface area contributed by atoms with Gasteiger partial charge in [0.05, 0.1) is 18.1 Å². The molecule has 1 N–H and O–H groups in total. The Balaban J connectivity index is 1.99. The fourth-order valence-electron chi connectivity index (χ4n) is 3.36. The Morgan fingerprint density at radius 2 is 2.10 bits per heavy atom. The van der Waals surface area contributed by atoms with Crippen LogP contribution in [-0.4, -0.2) is 53.3 Å². The number of rotatable bonds is 7. The molecule has 1 saturated heterocycles. The number of halogens is 2. The van der Waals surface area contributed by atoms with E-state index in [1.54, 1.807) is 11.8 Å². The van der Waals surface area contributed by atoms with Crippen LogP contribution >= 0.6 is 11.6 Å². The second-order valence-electron chi connectivity index (χ2n) is 8.27. The van der Waals surface area contributed by atoms with Crippen LogP contribution in [-0.2, 0) is 20.7 Å². The Hall–Kier alpha value is -2.09. The molecule has 1 aromatic rings. The number of piperidine rings is 1. The lowest BCUT2D eigenvalue weighted by Crippen LogP contribution is -2.46. The second-order valence-corrected chi connectivity index (χ2v) is 8.68. The number of nitrogens with one attached hydrogen (secondary N) is 1. The van der Waals surface area contributed by atoms with Crippen LogP contribution < -0.4 is 5.32 Å². The minimum absolute atomic E-state index is 0.00969. The summed E-state index contributed by atoms with van der Waals surface area (Å²) in [5, 5.41) is 3.04. The molecule has 1 aliphatic rings. The van der Waals surface area contributed by atoms with Gasteiger partial charge in [0.15, 0.2) is 11.6 Å². The molecule has 7 nitrogen and oxygen atoms in total. The molecule has 9 heteroatoms. The summed E-state index contributed by atoms with van der Waals surface area (Å²) in [5.74, 6) is -1.19. The molecular weight excluding hydrogens is 413 g/mol. The van der Waals surface area contributed by atoms with E-state index in [1.165, 1.54) is 6.20 Å². The Bertz CT molecular complexity index is 755. The summed E-state index contributed by atoms with van der Waals surface area (Å²) >= 11 is 6.01. The molecule has 0 bridgehead atoms. The van der Waals surface area contributed by atoms with Gasteiger partial charge in [-0.3, -0.25) is 4.79 Å². The molecule has 0 saturated carbocycles. The van der Waals surface area contributed by atoms with Gasteiger partial charge in [0.1, 0.15) is 5.60 Å². The van der Waals surface area contributed by atoms with Crippen LogP contribution in [0.5, 0.6) is 0 Å². The van der Waals surface area contributed by atoms with E-state index in [0.717, 1.165) is 19.3 Å². The average molecular weight is 444 g/mol. The highest BCUT2D eigenvalue weighted by atomic mass is 35.5. The number of hydrogen-bond acceptors (Lipinski definition) is 6. The van der Waals surface area contributed by atoms with E-state index in [4.69, 9.17) is 21.1 Å². The minimum Gasteiger partial charge on any atom is -0.466 e. The number of carbonyl (C=O) groups excluding carboxylic acids is 2. The standard InChI is InChI=1S/C21H31ClFN3O4/c1-5-29-17(27)12-15-16(22)13-25-19(18(15)23)24-10-9-14-8-6-7-11-26(14)20(28)30-21(2,3)4/h13-14H,5-12H2,1-4H3,(H,24,25). The van der Waals surface area contributed by atoms with E-state index < -0.39 is 17.4 Å². The highest BCUT2D eigenvalue weighted by Gasteiger charge is 2.30. The Kier molecular flexibility index (Phi) is 8.70. The summed E-state index contributed by atoms with van der Waals surface area (Å²) in [6, 6.07) is 0.00969. The van der Waals surface area contributed by atoms with Crippen LogP contribution in [0.25, 0.3) is 0 Å². The van der Waals surface area contributed by atoms with Crippen molar-refractivity contribution in [3.63, 3.8) is 0 Å². The van der Waals surface area contributed by atoms with E-state index in [9.17, 15) is 14.0 Å². The molecule has 1 aliphatic heterocycles. The predicted octanol–water partition coefficient (Wildman–Crippen LogP) is 4.57. The molecule has 0 spiro atoms. The lowest BCUT2D eigenvalue weighted by Gasteiger charge is -2.36. The topological polar surface area (TPSA) is 80.8 Å². The number of likely N-dealkylation sites (tertiary alicyclic amines) is 1. The van der Waals surface area contributed by atoms with Crippen molar-refractivity contribution in [1.29, 1.82) is 0 Å². The predicted molar refractivity (Wildman–Crippen MR) is 113 cm³/mol. The van der Waals surface area contributed by atoms with Gasteiger partial charge >= 0.3 is 12.1 Å². The third-order valence-corrected chi connectivity index (χ3v) is 5.05. The Morgan fingerprint density at radius 3 is 2.77 bits per heavy atom. The van der Waals surface area contributed by atoms with Gasteiger partial charge in [-0.25, -0.2) is 14.2 Å². The summed E-state index contributed by atoms with van der Waals surface area (Å²) in [6.07, 6.45) is 4.19. The van der Waals surface area contributed by atoms with Gasteiger partial charge in [0.2, 0.25) is 0 Å². The third-order valence-electron chi connectivity index (χ3n) is 4.72. The first kappa shape index (κ1) is 24.2. The average Bonchev–Trinajstić information content (AvgIpc) is 2.66. The number of hydrogen-bond donors (Lipinski definition) is 1. The van der Waals surface area contributed by atoms with Gasteiger partial charge in [-0.15, -0.1) is 0 Å². The Morgan fingerprint density at radius 1 is 1.37 bits per heavy atom. The molecule has 1 aromatic heterocycles. The van der Waals surface area contributed by atoms with E-state index in [1.807, 2.05) is 20.8 Å². The van der Waals surface area contributed by atoms with Crippen molar-refractivity contribution in [2.24, 2.45) is 0 Å². The molecular formula is C21H31ClFN3O4. The molecule has 2 heterocycles. The van der Waals surface area contributed by atoms with Crippen molar-refractivity contribution in [1.82, 2.24) is 9.88 Å². The van der Waals surface area contributed by atoms with Crippen LogP contribution in [0.3, 0.4) is 0 Å². The zero-order chi connectivity index (χ0) is 22.3. The first-order valence-corrected chi connectivity index (χ1v) is 10.7. The van der Waals surface area contributed by atoms with Gasteiger partial charge in [-0.1, -0.05) is 11.6 Å². The maximum absolute atomic E-state index is 14.8. The summed E-state index contributed by atoms with van der Waals surface area (Å²) in [7, 11) is 0. The van der Waals surface area contributed by atoms with E-state index in [-0.39, 0.29) is 41.6 Å². The van der Waals surface area contributed by atoms with Crippen molar-refractivity contribution in [3.05, 3.63) is 22.6 Å². The third kappa shape index (κ3) is 7.00. The molecule has 0 aromatic carbocycles. The normalized spacial score (nSPS) is 16.9. The van der Waals surface area contributed by atoms with Crippen LogP contribution in [0.1, 0.15) is 58.9 Å². The fraction of sp³-hybridized carbons (Fsp3) is 0.667. The number of pyridine rings is 1. The molecule has 0 aliphatic carbocycles. The maximum atomic E-state index is 14.8. The smallest absolute Gasteiger partial charge is 0.410 e. The van der Waals surface area contributed by atoms with E-state index >= 15 is 0 Å². The summed E-state index contributed by atoms with van der Waals surface area (Å²) in [4.78, 5) is 30.0. The van der Waals surface area contributed by atoms with Gasteiger partial charge in [0, 0.05) is 30.9 Å². The van der Waals surface area contributed by atoms with E-state index in [0.29, 0.717) is 19.5 Å². The first-order chi connectivity index (χ1) is 14.1. The molecule has 1 amide bonds. The minimum atomic E-state index is -0.664. The molecule has 1 atom stereocenters. The van der Waals surface area contributed by atoms with Crippen LogP contribution in [0.2, 0.25) is 5.02 Å². The summed E-state index contributed by atoms with van der Waals surface area (Å²) in [6.45, 7) is 8.48. The van der Waals surface area contributed by atoms with Crippen molar-refractivity contribution < 1.29 is 23.5 Å². The van der Waals surface area contributed by atoms with Crippen LogP contribution in [0.4, 0.5) is 15.0 Å². The number of aromatic nitrogens is 1. The van der Waals surface area contributed by atoms with Crippen LogP contribution in [0.15, 0.2) is 6.20 Å². The quantitative estimate of drug-likeness (QED) is 0.621. The Labute approximate surface area is 182 Å². The lowest BCUT2D eigenvalue weighted by molar-refractivity contribution is -0.142. The van der Waals surface area contributed by atoms with Gasteiger partial charge in [-0.2, -0.15) is 0 Å². The second kappa shape index (κ2) is 10.8. The summed E-state index contributed by atoms with van der Waals surface area (Å²) in [5.41, 5.74) is -0.496. The maximum Gasteiger partial charge on any atom is 0.410 e. The van der Waals surface area contributed by atoms with Crippen molar-refractivity contribution in [2.45, 2.75) is 71.4 Å². The zero-order valence-electron chi connectivity index (χ0n) is 18.1. The molecule has 30 heavy (non-hydrogen) atoms. The molecule has 168 valence electrons. The lowest BCUT2D eigenvalue weighted by atomic mass is 10.00. The fourth-order valence-corrected chi connectivity index (χ4v) is 3.56. The number of nitrogens with zero attached hydrogens (tertiary/aromatic N) is 2. The molecule has 0 radical (unpaired) electrons. The SMILES string of the molecule is CCOC(=O)Cc1c(Cl)cnc(NCCC2CCCCN2C(=O)OC(C)(C)C)c1F. The number of esters is 1. The first-order valence-electron chi connectivity index (χ1n) is 10.3. The van der Waals surface area contributed by atoms with Crippen molar-refractivity contribution in [3.8, 4) is 0 Å². The van der Waals surface area contributed by atoms with Gasteiger partial charge < -0.3 is 19.7 Å². The molecule has 1 fully saturated rings. The van der Waals surface area contributed by atoms with Crippen molar-refractivity contribution >= 4 is 29.5 Å². The number of carbonyl (C=O) groups is 2.